The first-order chi connectivity index (χ1) is 9.70. The van der Waals surface area contributed by atoms with Crippen LogP contribution in [0.4, 0.5) is 13.2 Å². The van der Waals surface area contributed by atoms with E-state index < -0.39 is 17.5 Å². The molecule has 0 spiro atoms. The van der Waals surface area contributed by atoms with E-state index in [0.717, 1.165) is 11.6 Å². The average molecular weight is 357 g/mol. The van der Waals surface area contributed by atoms with E-state index in [-0.39, 0.29) is 10.0 Å². The van der Waals surface area contributed by atoms with Gasteiger partial charge in [-0.2, -0.15) is 13.2 Å². The van der Waals surface area contributed by atoms with Crippen molar-refractivity contribution in [2.24, 2.45) is 0 Å². The minimum Gasteiger partial charge on any atom is -0.289 e. The van der Waals surface area contributed by atoms with Gasteiger partial charge >= 0.3 is 6.18 Å². The van der Waals surface area contributed by atoms with Gasteiger partial charge in [-0.1, -0.05) is 33.6 Å². The van der Waals surface area contributed by atoms with Crippen molar-refractivity contribution in [3.8, 4) is 0 Å². The number of alkyl halides is 3. The second-order valence-corrected chi connectivity index (χ2v) is 5.75. The van der Waals surface area contributed by atoms with Crippen LogP contribution in [0, 0.1) is 13.8 Å². The van der Waals surface area contributed by atoms with Gasteiger partial charge in [-0.15, -0.1) is 0 Å². The van der Waals surface area contributed by atoms with E-state index in [2.05, 4.69) is 15.9 Å². The maximum atomic E-state index is 13.1. The molecule has 0 saturated carbocycles. The molecule has 0 amide bonds. The zero-order chi connectivity index (χ0) is 15.8. The summed E-state index contributed by atoms with van der Waals surface area (Å²) in [6, 6.07) is 8.73. The van der Waals surface area contributed by atoms with E-state index >= 15 is 0 Å². The van der Waals surface area contributed by atoms with Crippen molar-refractivity contribution < 1.29 is 18.0 Å². The van der Waals surface area contributed by atoms with Gasteiger partial charge in [0.2, 0.25) is 0 Å². The molecule has 110 valence electrons. The summed E-state index contributed by atoms with van der Waals surface area (Å²) >= 11 is 3.01. The Balaban J connectivity index is 2.61. The topological polar surface area (TPSA) is 17.1 Å². The van der Waals surface area contributed by atoms with Crippen molar-refractivity contribution in [1.29, 1.82) is 0 Å². The van der Waals surface area contributed by atoms with Gasteiger partial charge in [0.05, 0.1) is 5.56 Å². The predicted molar refractivity (Wildman–Crippen MR) is 78.5 cm³/mol. The zero-order valence-electron chi connectivity index (χ0n) is 11.4. The molecule has 0 aliphatic rings. The molecule has 0 aromatic heterocycles. The lowest BCUT2D eigenvalue weighted by atomic mass is 9.94. The molecule has 0 fully saturated rings. The number of carbonyl (C=O) groups excluding carboxylic acids is 1. The lowest BCUT2D eigenvalue weighted by molar-refractivity contribution is -0.137. The maximum absolute atomic E-state index is 13.1. The molecule has 0 bridgehead atoms. The summed E-state index contributed by atoms with van der Waals surface area (Å²) in [5, 5.41) is 0. The third-order valence-electron chi connectivity index (χ3n) is 3.17. The number of aryl methyl sites for hydroxylation is 2. The Bertz CT molecular complexity index is 705. The maximum Gasteiger partial charge on any atom is 0.417 e. The molecule has 0 radical (unpaired) electrons. The van der Waals surface area contributed by atoms with Gasteiger partial charge in [0.15, 0.2) is 5.78 Å². The van der Waals surface area contributed by atoms with Crippen molar-refractivity contribution in [3.63, 3.8) is 0 Å². The highest BCUT2D eigenvalue weighted by Gasteiger charge is 2.35. The molecule has 2 aromatic rings. The predicted octanol–water partition coefficient (Wildman–Crippen LogP) is 5.32. The van der Waals surface area contributed by atoms with Crippen molar-refractivity contribution in [3.05, 3.63) is 68.7 Å². The molecule has 1 nitrogen and oxygen atoms in total. The monoisotopic (exact) mass is 356 g/mol. The molecule has 2 aromatic carbocycles. The highest BCUT2D eigenvalue weighted by atomic mass is 79.9. The number of carbonyl (C=O) groups is 1. The summed E-state index contributed by atoms with van der Waals surface area (Å²) in [5.41, 5.74) is 0.515. The Morgan fingerprint density at radius 3 is 2.29 bits per heavy atom. The average Bonchev–Trinajstić information content (AvgIpc) is 2.40. The van der Waals surface area contributed by atoms with Gasteiger partial charge in [0.1, 0.15) is 0 Å². The van der Waals surface area contributed by atoms with Crippen LogP contribution in [-0.4, -0.2) is 5.78 Å². The Labute approximate surface area is 128 Å². The molecule has 0 aliphatic heterocycles. The fraction of sp³-hybridized carbons (Fsp3) is 0.188. The van der Waals surface area contributed by atoms with Gasteiger partial charge in [-0.25, -0.2) is 0 Å². The quantitative estimate of drug-likeness (QED) is 0.666. The van der Waals surface area contributed by atoms with E-state index in [9.17, 15) is 18.0 Å². The van der Waals surface area contributed by atoms with Crippen LogP contribution in [-0.2, 0) is 6.18 Å². The summed E-state index contributed by atoms with van der Waals surface area (Å²) in [7, 11) is 0. The second kappa shape index (κ2) is 5.64. The van der Waals surface area contributed by atoms with Gasteiger partial charge < -0.3 is 0 Å². The first-order valence-corrected chi connectivity index (χ1v) is 6.98. The smallest absolute Gasteiger partial charge is 0.289 e. The normalized spacial score (nSPS) is 11.5. The molecule has 5 heteroatoms. The standard InChI is InChI=1S/C16H12BrF3O/c1-9-3-4-10(2)13(7-9)15(21)12-6-5-11(17)8-14(12)16(18,19)20/h3-8H,1-2H3. The SMILES string of the molecule is Cc1ccc(C)c(C(=O)c2ccc(Br)cc2C(F)(F)F)c1. The van der Waals surface area contributed by atoms with Gasteiger partial charge in [-0.05, 0) is 43.7 Å². The van der Waals surface area contributed by atoms with Crippen LogP contribution < -0.4 is 0 Å². The van der Waals surface area contributed by atoms with Crippen molar-refractivity contribution in [2.45, 2.75) is 20.0 Å². The Morgan fingerprint density at radius 2 is 1.67 bits per heavy atom. The summed E-state index contributed by atoms with van der Waals surface area (Å²) in [6.45, 7) is 3.50. The van der Waals surface area contributed by atoms with Crippen LogP contribution in [0.1, 0.15) is 32.6 Å². The Morgan fingerprint density at radius 1 is 1.00 bits per heavy atom. The van der Waals surface area contributed by atoms with Gasteiger partial charge in [0, 0.05) is 15.6 Å². The Hall–Kier alpha value is -1.62. The first-order valence-electron chi connectivity index (χ1n) is 6.19. The Kier molecular flexibility index (Phi) is 4.23. The molecule has 0 N–H and O–H groups in total. The first kappa shape index (κ1) is 15.8. The van der Waals surface area contributed by atoms with Crippen LogP contribution in [0.5, 0.6) is 0 Å². The van der Waals surface area contributed by atoms with Crippen LogP contribution in [0.25, 0.3) is 0 Å². The largest absolute Gasteiger partial charge is 0.417 e. The van der Waals surface area contributed by atoms with Gasteiger partial charge in [-0.3, -0.25) is 4.79 Å². The van der Waals surface area contributed by atoms with Crippen molar-refractivity contribution >= 4 is 21.7 Å². The summed E-state index contributed by atoms with van der Waals surface area (Å²) in [5.74, 6) is -0.615. The number of hydrogen-bond acceptors (Lipinski definition) is 1. The summed E-state index contributed by atoms with van der Waals surface area (Å²) < 4.78 is 39.6. The molecule has 2 rings (SSSR count). The number of ketones is 1. The number of rotatable bonds is 2. The third-order valence-corrected chi connectivity index (χ3v) is 3.66. The number of halogens is 4. The van der Waals surface area contributed by atoms with E-state index in [1.807, 2.05) is 6.07 Å². The molecule has 0 aliphatic carbocycles. The number of benzene rings is 2. The van der Waals surface area contributed by atoms with Crippen LogP contribution in [0.3, 0.4) is 0 Å². The zero-order valence-corrected chi connectivity index (χ0v) is 13.0. The van der Waals surface area contributed by atoms with E-state index in [4.69, 9.17) is 0 Å². The molecule has 0 atom stereocenters. The molecule has 21 heavy (non-hydrogen) atoms. The van der Waals surface area contributed by atoms with E-state index in [1.165, 1.54) is 12.1 Å². The summed E-state index contributed by atoms with van der Waals surface area (Å²) in [4.78, 5) is 12.5. The highest BCUT2D eigenvalue weighted by molar-refractivity contribution is 9.10. The van der Waals surface area contributed by atoms with Crippen LogP contribution in [0.15, 0.2) is 40.9 Å². The van der Waals surface area contributed by atoms with E-state index in [1.54, 1.807) is 26.0 Å². The number of hydrogen-bond donors (Lipinski definition) is 0. The molecule has 0 heterocycles. The van der Waals surface area contributed by atoms with Crippen LogP contribution in [0.2, 0.25) is 0 Å². The molecule has 0 unspecified atom stereocenters. The lowest BCUT2D eigenvalue weighted by Crippen LogP contribution is -2.14. The highest BCUT2D eigenvalue weighted by Crippen LogP contribution is 2.35. The minimum atomic E-state index is -4.58. The minimum absolute atomic E-state index is 0.285. The van der Waals surface area contributed by atoms with Crippen molar-refractivity contribution in [1.82, 2.24) is 0 Å². The lowest BCUT2D eigenvalue weighted by Gasteiger charge is -2.14. The van der Waals surface area contributed by atoms with E-state index in [0.29, 0.717) is 11.1 Å². The molecular weight excluding hydrogens is 345 g/mol. The summed E-state index contributed by atoms with van der Waals surface area (Å²) in [6.07, 6.45) is -4.58. The molecule has 0 saturated heterocycles. The van der Waals surface area contributed by atoms with Gasteiger partial charge in [0.25, 0.3) is 0 Å². The second-order valence-electron chi connectivity index (χ2n) is 4.84. The van der Waals surface area contributed by atoms with Crippen molar-refractivity contribution in [2.75, 3.05) is 0 Å². The third kappa shape index (κ3) is 3.35. The molecular formula is C16H12BrF3O. The van der Waals surface area contributed by atoms with Crippen LogP contribution >= 0.6 is 15.9 Å². The fourth-order valence-electron chi connectivity index (χ4n) is 2.07. The fourth-order valence-corrected chi connectivity index (χ4v) is 2.44.